The number of carbonyl (C=O) groups is 1. The lowest BCUT2D eigenvalue weighted by atomic mass is 10.2. The second-order valence-electron chi connectivity index (χ2n) is 4.36. The Bertz CT molecular complexity index is 626. The monoisotopic (exact) mass is 343 g/mol. The third-order valence-electron chi connectivity index (χ3n) is 2.78. The molecule has 1 aromatic carbocycles. The smallest absolute Gasteiger partial charge is 0.321 e. The fourth-order valence-corrected chi connectivity index (χ4v) is 2.29. The number of halogens is 3. The van der Waals surface area contributed by atoms with Crippen LogP contribution in [-0.4, -0.2) is 23.0 Å². The Kier molecular flexibility index (Phi) is 5.28. The van der Waals surface area contributed by atoms with E-state index in [4.69, 9.17) is 34.8 Å². The van der Waals surface area contributed by atoms with E-state index < -0.39 is 0 Å². The summed E-state index contributed by atoms with van der Waals surface area (Å²) >= 11 is 17.9. The van der Waals surface area contributed by atoms with Gasteiger partial charge in [0.1, 0.15) is 5.15 Å². The van der Waals surface area contributed by atoms with Crippen molar-refractivity contribution in [1.29, 1.82) is 0 Å². The van der Waals surface area contributed by atoms with Gasteiger partial charge in [-0.15, -0.1) is 0 Å². The predicted octanol–water partition coefficient (Wildman–Crippen LogP) is 4.71. The highest BCUT2D eigenvalue weighted by Gasteiger charge is 2.13. The average molecular weight is 345 g/mol. The van der Waals surface area contributed by atoms with E-state index >= 15 is 0 Å². The molecule has 1 aromatic heterocycles. The van der Waals surface area contributed by atoms with Crippen molar-refractivity contribution in [3.8, 4) is 0 Å². The van der Waals surface area contributed by atoms with E-state index in [0.29, 0.717) is 33.0 Å². The third kappa shape index (κ3) is 4.24. The number of nitrogens with one attached hydrogen (secondary N) is 1. The van der Waals surface area contributed by atoms with E-state index in [-0.39, 0.29) is 6.03 Å². The molecule has 1 N–H and O–H groups in total. The van der Waals surface area contributed by atoms with Crippen molar-refractivity contribution in [2.24, 2.45) is 0 Å². The maximum Gasteiger partial charge on any atom is 0.321 e. The predicted molar refractivity (Wildman–Crippen MR) is 86.2 cm³/mol. The average Bonchev–Trinajstić information content (AvgIpc) is 2.45. The Morgan fingerprint density at radius 1 is 1.19 bits per heavy atom. The van der Waals surface area contributed by atoms with E-state index in [0.717, 1.165) is 0 Å². The summed E-state index contributed by atoms with van der Waals surface area (Å²) in [6.45, 7) is 0.297. The van der Waals surface area contributed by atoms with Gasteiger partial charge in [0.2, 0.25) is 0 Å². The number of carbonyl (C=O) groups excluding carboxylic acids is 1. The van der Waals surface area contributed by atoms with Crippen molar-refractivity contribution in [2.45, 2.75) is 6.54 Å². The molecular formula is C14H12Cl3N3O. The molecule has 7 heteroatoms. The van der Waals surface area contributed by atoms with Crippen LogP contribution in [0.1, 0.15) is 5.56 Å². The number of nitrogens with zero attached hydrogens (tertiary/aromatic N) is 2. The molecular weight excluding hydrogens is 333 g/mol. The molecule has 1 heterocycles. The molecule has 110 valence electrons. The highest BCUT2D eigenvalue weighted by Crippen LogP contribution is 2.25. The first kappa shape index (κ1) is 15.9. The molecule has 2 rings (SSSR count). The van der Waals surface area contributed by atoms with Crippen LogP contribution in [0.15, 0.2) is 36.5 Å². The molecule has 2 aromatic rings. The standard InChI is InChI=1S/C14H12Cl3N3O/c1-20(8-10-11(15)3-2-4-12(10)16)14(21)19-9-5-6-13(17)18-7-9/h2-7H,8H2,1H3,(H,19,21). The SMILES string of the molecule is CN(Cc1c(Cl)cccc1Cl)C(=O)Nc1ccc(Cl)nc1. The normalized spacial score (nSPS) is 10.3. The summed E-state index contributed by atoms with van der Waals surface area (Å²) < 4.78 is 0. The van der Waals surface area contributed by atoms with Crippen molar-refractivity contribution in [1.82, 2.24) is 9.88 Å². The van der Waals surface area contributed by atoms with Crippen LogP contribution in [0.3, 0.4) is 0 Å². The van der Waals surface area contributed by atoms with Crippen LogP contribution in [0.5, 0.6) is 0 Å². The lowest BCUT2D eigenvalue weighted by molar-refractivity contribution is 0.220. The van der Waals surface area contributed by atoms with Gasteiger partial charge in [-0.2, -0.15) is 0 Å². The Labute approximate surface area is 137 Å². The minimum Gasteiger partial charge on any atom is -0.323 e. The number of anilines is 1. The van der Waals surface area contributed by atoms with Crippen LogP contribution < -0.4 is 5.32 Å². The molecule has 2 amide bonds. The van der Waals surface area contributed by atoms with Crippen molar-refractivity contribution in [2.75, 3.05) is 12.4 Å². The van der Waals surface area contributed by atoms with Crippen LogP contribution in [-0.2, 0) is 6.54 Å². The fraction of sp³-hybridized carbons (Fsp3) is 0.143. The lowest BCUT2D eigenvalue weighted by Gasteiger charge is -2.19. The molecule has 0 atom stereocenters. The summed E-state index contributed by atoms with van der Waals surface area (Å²) in [5.41, 5.74) is 1.26. The Morgan fingerprint density at radius 3 is 2.43 bits per heavy atom. The van der Waals surface area contributed by atoms with Gasteiger partial charge in [0, 0.05) is 22.7 Å². The van der Waals surface area contributed by atoms with Gasteiger partial charge in [0.25, 0.3) is 0 Å². The number of rotatable bonds is 3. The van der Waals surface area contributed by atoms with E-state index in [9.17, 15) is 4.79 Å². The van der Waals surface area contributed by atoms with Crippen LogP contribution in [0.2, 0.25) is 15.2 Å². The summed E-state index contributed by atoms with van der Waals surface area (Å²) in [7, 11) is 1.65. The quantitative estimate of drug-likeness (QED) is 0.820. The zero-order valence-corrected chi connectivity index (χ0v) is 13.4. The summed E-state index contributed by atoms with van der Waals surface area (Å²) in [6, 6.07) is 8.20. The van der Waals surface area contributed by atoms with E-state index in [1.165, 1.54) is 11.1 Å². The zero-order valence-electron chi connectivity index (χ0n) is 11.1. The molecule has 0 saturated carbocycles. The van der Waals surface area contributed by atoms with Crippen LogP contribution in [0.25, 0.3) is 0 Å². The van der Waals surface area contributed by atoms with Gasteiger partial charge in [-0.3, -0.25) is 0 Å². The number of pyridine rings is 1. The number of hydrogen-bond acceptors (Lipinski definition) is 2. The summed E-state index contributed by atoms with van der Waals surface area (Å²) in [5.74, 6) is 0. The lowest BCUT2D eigenvalue weighted by Crippen LogP contribution is -2.31. The largest absolute Gasteiger partial charge is 0.323 e. The molecule has 0 aliphatic rings. The Hall–Kier alpha value is -1.49. The molecule has 0 saturated heterocycles. The molecule has 0 radical (unpaired) electrons. The fourth-order valence-electron chi connectivity index (χ4n) is 1.66. The molecule has 0 bridgehead atoms. The van der Waals surface area contributed by atoms with Crippen molar-refractivity contribution in [3.63, 3.8) is 0 Å². The van der Waals surface area contributed by atoms with Crippen LogP contribution in [0.4, 0.5) is 10.5 Å². The minimum atomic E-state index is -0.296. The first-order chi connectivity index (χ1) is 9.97. The zero-order chi connectivity index (χ0) is 15.4. The highest BCUT2D eigenvalue weighted by atomic mass is 35.5. The molecule has 4 nitrogen and oxygen atoms in total. The van der Waals surface area contributed by atoms with Gasteiger partial charge >= 0.3 is 6.03 Å². The second-order valence-corrected chi connectivity index (χ2v) is 5.56. The first-order valence-electron chi connectivity index (χ1n) is 6.04. The minimum absolute atomic E-state index is 0.296. The van der Waals surface area contributed by atoms with Gasteiger partial charge in [-0.05, 0) is 24.3 Å². The number of aromatic nitrogens is 1. The molecule has 0 spiro atoms. The van der Waals surface area contributed by atoms with E-state index in [2.05, 4.69) is 10.3 Å². The number of benzene rings is 1. The summed E-state index contributed by atoms with van der Waals surface area (Å²) in [5, 5.41) is 4.12. The van der Waals surface area contributed by atoms with E-state index in [1.54, 1.807) is 37.4 Å². The molecule has 0 aliphatic carbocycles. The first-order valence-corrected chi connectivity index (χ1v) is 7.17. The van der Waals surface area contributed by atoms with Crippen LogP contribution >= 0.6 is 34.8 Å². The molecule has 0 unspecified atom stereocenters. The second kappa shape index (κ2) is 6.98. The number of urea groups is 1. The third-order valence-corrected chi connectivity index (χ3v) is 3.71. The van der Waals surface area contributed by atoms with E-state index in [1.807, 2.05) is 0 Å². The number of hydrogen-bond donors (Lipinski definition) is 1. The Balaban J connectivity index is 2.04. The van der Waals surface area contributed by atoms with Crippen molar-refractivity contribution in [3.05, 3.63) is 57.3 Å². The van der Waals surface area contributed by atoms with Gasteiger partial charge in [0.15, 0.2) is 0 Å². The molecule has 21 heavy (non-hydrogen) atoms. The Morgan fingerprint density at radius 2 is 1.86 bits per heavy atom. The maximum absolute atomic E-state index is 12.1. The van der Waals surface area contributed by atoms with Gasteiger partial charge in [-0.1, -0.05) is 40.9 Å². The van der Waals surface area contributed by atoms with Crippen molar-refractivity contribution >= 4 is 46.5 Å². The maximum atomic E-state index is 12.1. The summed E-state index contributed by atoms with van der Waals surface area (Å²) in [4.78, 5) is 17.5. The van der Waals surface area contributed by atoms with Crippen LogP contribution in [0, 0.1) is 0 Å². The number of amides is 2. The van der Waals surface area contributed by atoms with Gasteiger partial charge < -0.3 is 10.2 Å². The summed E-state index contributed by atoms with van der Waals surface area (Å²) in [6.07, 6.45) is 1.48. The highest BCUT2D eigenvalue weighted by molar-refractivity contribution is 6.36. The molecule has 0 aliphatic heterocycles. The molecule has 0 fully saturated rings. The van der Waals surface area contributed by atoms with Gasteiger partial charge in [0.05, 0.1) is 18.4 Å². The topological polar surface area (TPSA) is 45.2 Å². The van der Waals surface area contributed by atoms with Gasteiger partial charge in [-0.25, -0.2) is 9.78 Å². The van der Waals surface area contributed by atoms with Crippen molar-refractivity contribution < 1.29 is 4.79 Å².